The summed E-state index contributed by atoms with van der Waals surface area (Å²) in [6.45, 7) is 1.04. The summed E-state index contributed by atoms with van der Waals surface area (Å²) in [7, 11) is 1.73. The number of aromatic nitrogens is 1. The molecule has 3 amide bonds. The first kappa shape index (κ1) is 20.7. The quantitative estimate of drug-likeness (QED) is 0.642. The minimum Gasteiger partial charge on any atom is -0.338 e. The number of nitrogens with one attached hydrogen (secondary N) is 2. The van der Waals surface area contributed by atoms with Crippen LogP contribution >= 0.6 is 11.6 Å². The Kier molecular flexibility index (Phi) is 8.58. The summed E-state index contributed by atoms with van der Waals surface area (Å²) >= 11 is 5.83. The maximum Gasteiger partial charge on any atom is 0.315 e. The fourth-order valence-corrected chi connectivity index (χ4v) is 2.60. The van der Waals surface area contributed by atoms with E-state index < -0.39 is 0 Å². The van der Waals surface area contributed by atoms with Gasteiger partial charge in [-0.1, -0.05) is 36.2 Å². The van der Waals surface area contributed by atoms with Crippen LogP contribution in [0.25, 0.3) is 0 Å². The van der Waals surface area contributed by atoms with Gasteiger partial charge in [0.25, 0.3) is 0 Å². The zero-order valence-corrected chi connectivity index (χ0v) is 16.2. The Bertz CT molecular complexity index is 723. The van der Waals surface area contributed by atoms with E-state index in [-0.39, 0.29) is 11.9 Å². The van der Waals surface area contributed by atoms with Gasteiger partial charge in [-0.25, -0.2) is 9.78 Å². The summed E-state index contributed by atoms with van der Waals surface area (Å²) in [6, 6.07) is 12.6. The highest BCUT2D eigenvalue weighted by Crippen LogP contribution is 2.10. The molecule has 1 aromatic heterocycles. The van der Waals surface area contributed by atoms with Gasteiger partial charge in [0, 0.05) is 37.8 Å². The third-order valence-corrected chi connectivity index (χ3v) is 4.34. The number of carbonyl (C=O) groups is 2. The Labute approximate surface area is 164 Å². The van der Waals surface area contributed by atoms with Crippen LogP contribution in [0.1, 0.15) is 31.2 Å². The topological polar surface area (TPSA) is 74.3 Å². The number of amides is 3. The summed E-state index contributed by atoms with van der Waals surface area (Å²) in [5, 5.41) is 6.29. The number of hydrogen-bond donors (Lipinski definition) is 2. The number of hydrogen-bond acceptors (Lipinski definition) is 3. The van der Waals surface area contributed by atoms with E-state index in [9.17, 15) is 9.59 Å². The van der Waals surface area contributed by atoms with E-state index in [0.717, 1.165) is 24.8 Å². The summed E-state index contributed by atoms with van der Waals surface area (Å²) in [5.41, 5.74) is 0.991. The molecule has 0 aliphatic heterocycles. The lowest BCUT2D eigenvalue weighted by molar-refractivity contribution is -0.118. The predicted octanol–water partition coefficient (Wildman–Crippen LogP) is 3.76. The van der Waals surface area contributed by atoms with Gasteiger partial charge < -0.3 is 10.6 Å². The molecule has 1 heterocycles. The lowest BCUT2D eigenvalue weighted by Crippen LogP contribution is -2.35. The van der Waals surface area contributed by atoms with E-state index >= 15 is 0 Å². The second kappa shape index (κ2) is 11.2. The maximum absolute atomic E-state index is 12.1. The Hall–Kier alpha value is -2.60. The molecular formula is C20H25ClN4O2. The first-order valence-electron chi connectivity index (χ1n) is 9.00. The molecule has 27 heavy (non-hydrogen) atoms. The third-order valence-electron chi connectivity index (χ3n) is 4.09. The molecule has 2 N–H and O–H groups in total. The number of urea groups is 1. The molecule has 0 radical (unpaired) electrons. The number of anilines is 1. The number of halogens is 1. The molecule has 0 spiro atoms. The Morgan fingerprint density at radius 3 is 2.52 bits per heavy atom. The van der Waals surface area contributed by atoms with Crippen molar-refractivity contribution in [3.8, 4) is 0 Å². The van der Waals surface area contributed by atoms with Crippen molar-refractivity contribution >= 4 is 29.4 Å². The Morgan fingerprint density at radius 2 is 1.81 bits per heavy atom. The van der Waals surface area contributed by atoms with Gasteiger partial charge in [-0.3, -0.25) is 9.69 Å². The van der Waals surface area contributed by atoms with Crippen LogP contribution in [0.2, 0.25) is 5.02 Å². The number of rotatable bonds is 9. The molecule has 2 aromatic rings. The lowest BCUT2D eigenvalue weighted by atomic mass is 10.2. The van der Waals surface area contributed by atoms with Crippen molar-refractivity contribution in [3.05, 3.63) is 59.2 Å². The van der Waals surface area contributed by atoms with Gasteiger partial charge in [0.05, 0.1) is 0 Å². The molecule has 0 bridgehead atoms. The smallest absolute Gasteiger partial charge is 0.315 e. The molecule has 0 fully saturated rings. The number of unbranched alkanes of at least 4 members (excludes halogenated alkanes) is 2. The van der Waals surface area contributed by atoms with Gasteiger partial charge in [-0.05, 0) is 42.7 Å². The average molecular weight is 389 g/mol. The number of benzene rings is 1. The Balaban J connectivity index is 1.53. The van der Waals surface area contributed by atoms with Gasteiger partial charge in [0.1, 0.15) is 5.82 Å². The SMILES string of the molecule is CN(C(=O)CCCCCNC(=O)NCc1ccc(Cl)cc1)c1ccccn1. The molecule has 144 valence electrons. The van der Waals surface area contributed by atoms with Crippen molar-refractivity contribution in [2.45, 2.75) is 32.2 Å². The molecule has 0 aliphatic rings. The van der Waals surface area contributed by atoms with Crippen LogP contribution in [0.3, 0.4) is 0 Å². The molecule has 7 heteroatoms. The number of carbonyl (C=O) groups excluding carboxylic acids is 2. The summed E-state index contributed by atoms with van der Waals surface area (Å²) in [6.07, 6.45) is 4.62. The standard InChI is InChI=1S/C20H25ClN4O2/c1-25(18-7-4-6-13-22-18)19(26)8-3-2-5-14-23-20(27)24-15-16-9-11-17(21)12-10-16/h4,6-7,9-13H,2-3,5,8,14-15H2,1H3,(H2,23,24,27). The molecule has 0 unspecified atom stereocenters. The first-order valence-corrected chi connectivity index (χ1v) is 9.38. The zero-order chi connectivity index (χ0) is 19.5. The highest BCUT2D eigenvalue weighted by atomic mass is 35.5. The third kappa shape index (κ3) is 7.66. The van der Waals surface area contributed by atoms with Gasteiger partial charge in [-0.2, -0.15) is 0 Å². The van der Waals surface area contributed by atoms with Crippen molar-refractivity contribution in [3.63, 3.8) is 0 Å². The van der Waals surface area contributed by atoms with Gasteiger partial charge in [0.2, 0.25) is 5.91 Å². The van der Waals surface area contributed by atoms with Crippen molar-refractivity contribution in [2.75, 3.05) is 18.5 Å². The highest BCUT2D eigenvalue weighted by Gasteiger charge is 2.10. The molecule has 0 saturated heterocycles. The van der Waals surface area contributed by atoms with Crippen LogP contribution < -0.4 is 15.5 Å². The lowest BCUT2D eigenvalue weighted by Gasteiger charge is -2.15. The van der Waals surface area contributed by atoms with Crippen LogP contribution in [-0.2, 0) is 11.3 Å². The van der Waals surface area contributed by atoms with Crippen molar-refractivity contribution in [1.82, 2.24) is 15.6 Å². The fourth-order valence-electron chi connectivity index (χ4n) is 2.47. The Morgan fingerprint density at radius 1 is 1.04 bits per heavy atom. The minimum absolute atomic E-state index is 0.0439. The molecule has 1 aromatic carbocycles. The largest absolute Gasteiger partial charge is 0.338 e. The van der Waals surface area contributed by atoms with Gasteiger partial charge in [0.15, 0.2) is 0 Å². The van der Waals surface area contributed by atoms with E-state index in [1.165, 1.54) is 0 Å². The molecule has 0 saturated carbocycles. The van der Waals surface area contributed by atoms with E-state index in [1.54, 1.807) is 30.3 Å². The van der Waals surface area contributed by atoms with Crippen LogP contribution in [0, 0.1) is 0 Å². The number of pyridine rings is 1. The average Bonchev–Trinajstić information content (AvgIpc) is 2.70. The highest BCUT2D eigenvalue weighted by molar-refractivity contribution is 6.30. The maximum atomic E-state index is 12.1. The van der Waals surface area contributed by atoms with Crippen molar-refractivity contribution < 1.29 is 9.59 Å². The molecule has 0 atom stereocenters. The minimum atomic E-state index is -0.198. The molecular weight excluding hydrogens is 364 g/mol. The summed E-state index contributed by atoms with van der Waals surface area (Å²) in [5.74, 6) is 0.698. The van der Waals surface area contributed by atoms with Crippen molar-refractivity contribution in [1.29, 1.82) is 0 Å². The zero-order valence-electron chi connectivity index (χ0n) is 15.5. The predicted molar refractivity (Wildman–Crippen MR) is 108 cm³/mol. The second-order valence-electron chi connectivity index (χ2n) is 6.19. The van der Waals surface area contributed by atoms with Crippen LogP contribution in [0.5, 0.6) is 0 Å². The molecule has 2 rings (SSSR count). The van der Waals surface area contributed by atoms with Crippen LogP contribution in [0.4, 0.5) is 10.6 Å². The summed E-state index contributed by atoms with van der Waals surface area (Å²) < 4.78 is 0. The van der Waals surface area contributed by atoms with Gasteiger partial charge in [-0.15, -0.1) is 0 Å². The summed E-state index contributed by atoms with van der Waals surface area (Å²) in [4.78, 5) is 29.6. The van der Waals surface area contributed by atoms with E-state index in [4.69, 9.17) is 11.6 Å². The molecule has 6 nitrogen and oxygen atoms in total. The van der Waals surface area contributed by atoms with Crippen molar-refractivity contribution in [2.24, 2.45) is 0 Å². The first-order chi connectivity index (χ1) is 13.1. The van der Waals surface area contributed by atoms with Gasteiger partial charge >= 0.3 is 6.03 Å². The number of nitrogens with zero attached hydrogens (tertiary/aromatic N) is 2. The normalized spacial score (nSPS) is 10.3. The van der Waals surface area contributed by atoms with E-state index in [2.05, 4.69) is 15.6 Å². The second-order valence-corrected chi connectivity index (χ2v) is 6.62. The van der Waals surface area contributed by atoms with E-state index in [1.807, 2.05) is 30.3 Å². The van der Waals surface area contributed by atoms with E-state index in [0.29, 0.717) is 30.4 Å². The fraction of sp³-hybridized carbons (Fsp3) is 0.350. The molecule has 0 aliphatic carbocycles. The van der Waals surface area contributed by atoms with Crippen LogP contribution in [-0.4, -0.2) is 30.5 Å². The van der Waals surface area contributed by atoms with Crippen LogP contribution in [0.15, 0.2) is 48.7 Å². The monoisotopic (exact) mass is 388 g/mol.